The molecule has 232 valence electrons. The first-order valence-corrected chi connectivity index (χ1v) is 14.9. The predicted octanol–water partition coefficient (Wildman–Crippen LogP) is 7.47. The summed E-state index contributed by atoms with van der Waals surface area (Å²) in [4.78, 5) is 39.4. The SMILES string of the molecule is CCCc1cc2c(C(F)(F)F)cc(=O)oc2c(CCC)c1OCCCCN1C(=O)NC(C)(c2ccc(C(C)C)cc2)C1=O. The third-order valence-electron chi connectivity index (χ3n) is 7.93. The van der Waals surface area contributed by atoms with Gasteiger partial charge in [-0.1, -0.05) is 64.8 Å². The van der Waals surface area contributed by atoms with Crippen molar-refractivity contribution in [1.82, 2.24) is 10.2 Å². The van der Waals surface area contributed by atoms with E-state index in [1.54, 1.807) is 6.92 Å². The van der Waals surface area contributed by atoms with Crippen LogP contribution in [0.3, 0.4) is 0 Å². The molecule has 3 aromatic rings. The number of hydrogen-bond acceptors (Lipinski definition) is 5. The van der Waals surface area contributed by atoms with Crippen molar-refractivity contribution < 1.29 is 31.9 Å². The number of carbonyl (C=O) groups is 2. The van der Waals surface area contributed by atoms with E-state index in [1.807, 2.05) is 38.1 Å². The number of nitrogens with one attached hydrogen (secondary N) is 1. The standard InChI is InChI=1S/C33H39F3N2O5/c1-6-10-22-18-25-26(33(34,35)36)19-27(39)43-29(25)24(11-7-2)28(22)42-17-9-8-16-38-30(40)32(5,37-31(38)41)23-14-12-21(13-15-23)20(3)4/h12-15,18-20H,6-11,16-17H2,1-5H3,(H,37,41). The third kappa shape index (κ3) is 6.58. The second-order valence-corrected chi connectivity index (χ2v) is 11.5. The molecule has 1 fully saturated rings. The van der Waals surface area contributed by atoms with Gasteiger partial charge in [-0.25, -0.2) is 9.59 Å². The third-order valence-corrected chi connectivity index (χ3v) is 7.93. The van der Waals surface area contributed by atoms with E-state index in [9.17, 15) is 27.6 Å². The molecule has 0 radical (unpaired) electrons. The van der Waals surface area contributed by atoms with Gasteiger partial charge in [0.25, 0.3) is 5.91 Å². The molecule has 1 atom stereocenters. The number of carbonyl (C=O) groups excluding carboxylic acids is 2. The number of rotatable bonds is 12. The van der Waals surface area contributed by atoms with Gasteiger partial charge in [-0.15, -0.1) is 0 Å². The number of halogens is 3. The number of unbranched alkanes of at least 4 members (excludes halogenated alkanes) is 1. The van der Waals surface area contributed by atoms with Gasteiger partial charge in [-0.2, -0.15) is 13.2 Å². The Balaban J connectivity index is 1.49. The number of ether oxygens (including phenoxy) is 1. The lowest BCUT2D eigenvalue weighted by Gasteiger charge is -2.23. The minimum atomic E-state index is -4.71. The van der Waals surface area contributed by atoms with E-state index in [0.29, 0.717) is 72.9 Å². The maximum atomic E-state index is 13.8. The van der Waals surface area contributed by atoms with Crippen LogP contribution >= 0.6 is 0 Å². The number of imide groups is 1. The monoisotopic (exact) mass is 600 g/mol. The van der Waals surface area contributed by atoms with Gasteiger partial charge in [0.15, 0.2) is 0 Å². The van der Waals surface area contributed by atoms with Crippen LogP contribution in [-0.4, -0.2) is 30.0 Å². The van der Waals surface area contributed by atoms with E-state index in [-0.39, 0.29) is 30.0 Å². The summed E-state index contributed by atoms with van der Waals surface area (Å²) in [6, 6.07) is 9.13. The van der Waals surface area contributed by atoms with Crippen molar-refractivity contribution in [3.63, 3.8) is 0 Å². The van der Waals surface area contributed by atoms with Gasteiger partial charge in [0.05, 0.1) is 12.2 Å². The molecule has 0 saturated carbocycles. The van der Waals surface area contributed by atoms with E-state index >= 15 is 0 Å². The van der Waals surface area contributed by atoms with Crippen molar-refractivity contribution in [2.75, 3.05) is 13.2 Å². The average molecular weight is 601 g/mol. The molecule has 1 aromatic heterocycles. The van der Waals surface area contributed by atoms with Crippen molar-refractivity contribution >= 4 is 22.9 Å². The van der Waals surface area contributed by atoms with E-state index in [0.717, 1.165) is 5.56 Å². The highest BCUT2D eigenvalue weighted by Crippen LogP contribution is 2.40. The quantitative estimate of drug-likeness (QED) is 0.132. The molecule has 1 aliphatic heterocycles. The summed E-state index contributed by atoms with van der Waals surface area (Å²) < 4.78 is 53.0. The summed E-state index contributed by atoms with van der Waals surface area (Å²) in [5.41, 5.74) is -0.427. The van der Waals surface area contributed by atoms with E-state index in [1.165, 1.54) is 11.0 Å². The van der Waals surface area contributed by atoms with E-state index < -0.39 is 28.9 Å². The molecule has 0 spiro atoms. The summed E-state index contributed by atoms with van der Waals surface area (Å²) in [5, 5.41) is 2.69. The summed E-state index contributed by atoms with van der Waals surface area (Å²) in [6.07, 6.45) is -1.63. The highest BCUT2D eigenvalue weighted by Gasteiger charge is 2.48. The highest BCUT2D eigenvalue weighted by molar-refractivity contribution is 6.07. The van der Waals surface area contributed by atoms with Gasteiger partial charge in [0.2, 0.25) is 0 Å². The zero-order chi connectivity index (χ0) is 31.5. The first kappa shape index (κ1) is 32.1. The van der Waals surface area contributed by atoms with Crippen LogP contribution in [0.1, 0.15) is 94.0 Å². The molecule has 2 aromatic carbocycles. The molecule has 1 N–H and O–H groups in total. The number of urea groups is 1. The smallest absolute Gasteiger partial charge is 0.417 e. The number of fused-ring (bicyclic) bond motifs is 1. The topological polar surface area (TPSA) is 88.8 Å². The Bertz CT molecular complexity index is 1550. The molecule has 2 heterocycles. The molecule has 3 amide bonds. The first-order valence-electron chi connectivity index (χ1n) is 14.9. The zero-order valence-electron chi connectivity index (χ0n) is 25.3. The van der Waals surface area contributed by atoms with Crippen molar-refractivity contribution in [2.45, 2.75) is 90.8 Å². The Morgan fingerprint density at radius 1 is 1.00 bits per heavy atom. The number of nitrogens with zero attached hydrogens (tertiary/aromatic N) is 1. The van der Waals surface area contributed by atoms with Crippen LogP contribution in [0.4, 0.5) is 18.0 Å². The van der Waals surface area contributed by atoms with Crippen LogP contribution in [-0.2, 0) is 29.4 Å². The molecule has 10 heteroatoms. The average Bonchev–Trinajstić information content (AvgIpc) is 3.17. The Morgan fingerprint density at radius 3 is 2.28 bits per heavy atom. The first-order chi connectivity index (χ1) is 20.3. The summed E-state index contributed by atoms with van der Waals surface area (Å²) in [5.74, 6) is 0.457. The number of benzene rings is 2. The maximum Gasteiger partial charge on any atom is 0.417 e. The van der Waals surface area contributed by atoms with E-state index in [4.69, 9.17) is 9.15 Å². The minimum Gasteiger partial charge on any atom is -0.493 e. The molecule has 1 unspecified atom stereocenters. The minimum absolute atomic E-state index is 0.100. The molecule has 0 aliphatic carbocycles. The Labute approximate surface area is 249 Å². The van der Waals surface area contributed by atoms with Crippen LogP contribution < -0.4 is 15.7 Å². The number of amides is 3. The Hall–Kier alpha value is -3.82. The lowest BCUT2D eigenvalue weighted by atomic mass is 9.90. The van der Waals surface area contributed by atoms with Crippen molar-refractivity contribution in [3.05, 3.63) is 74.6 Å². The summed E-state index contributed by atoms with van der Waals surface area (Å²) in [7, 11) is 0. The molecular formula is C33H39F3N2O5. The molecule has 4 rings (SSSR count). The fourth-order valence-electron chi connectivity index (χ4n) is 5.60. The molecule has 1 saturated heterocycles. The lowest BCUT2D eigenvalue weighted by molar-refractivity contribution is -0.136. The normalized spacial score (nSPS) is 17.3. The molecule has 1 aliphatic rings. The van der Waals surface area contributed by atoms with Gasteiger partial charge in [0, 0.05) is 23.6 Å². The number of aryl methyl sites for hydroxylation is 2. The lowest BCUT2D eigenvalue weighted by Crippen LogP contribution is -2.41. The van der Waals surface area contributed by atoms with E-state index in [2.05, 4.69) is 19.2 Å². The highest BCUT2D eigenvalue weighted by atomic mass is 19.4. The van der Waals surface area contributed by atoms with Crippen LogP contribution in [0.2, 0.25) is 0 Å². The Kier molecular flexibility index (Phi) is 9.57. The molecule has 7 nitrogen and oxygen atoms in total. The van der Waals surface area contributed by atoms with Gasteiger partial charge in [0.1, 0.15) is 16.9 Å². The van der Waals surface area contributed by atoms with Crippen LogP contribution in [0.25, 0.3) is 11.0 Å². The van der Waals surface area contributed by atoms with Crippen molar-refractivity contribution in [1.29, 1.82) is 0 Å². The molecule has 0 bridgehead atoms. The fraction of sp³-hybridized carbons (Fsp3) is 0.485. The van der Waals surface area contributed by atoms with Gasteiger partial charge >= 0.3 is 17.8 Å². The summed E-state index contributed by atoms with van der Waals surface area (Å²) >= 11 is 0. The molecular weight excluding hydrogens is 561 g/mol. The van der Waals surface area contributed by atoms with Crippen molar-refractivity contribution in [2.24, 2.45) is 0 Å². The van der Waals surface area contributed by atoms with Gasteiger partial charge in [-0.05, 0) is 61.3 Å². The second kappa shape index (κ2) is 12.8. The van der Waals surface area contributed by atoms with Gasteiger partial charge < -0.3 is 14.5 Å². The predicted molar refractivity (Wildman–Crippen MR) is 158 cm³/mol. The largest absolute Gasteiger partial charge is 0.493 e. The fourth-order valence-corrected chi connectivity index (χ4v) is 5.60. The van der Waals surface area contributed by atoms with Crippen molar-refractivity contribution in [3.8, 4) is 5.75 Å². The van der Waals surface area contributed by atoms with Crippen LogP contribution in [0.5, 0.6) is 5.75 Å². The maximum absolute atomic E-state index is 13.8. The van der Waals surface area contributed by atoms with Crippen LogP contribution in [0, 0.1) is 0 Å². The van der Waals surface area contributed by atoms with Crippen LogP contribution in [0.15, 0.2) is 45.6 Å². The summed E-state index contributed by atoms with van der Waals surface area (Å²) in [6.45, 7) is 10.1. The second-order valence-electron chi connectivity index (χ2n) is 11.5. The zero-order valence-corrected chi connectivity index (χ0v) is 25.3. The van der Waals surface area contributed by atoms with Gasteiger partial charge in [-0.3, -0.25) is 9.69 Å². The Morgan fingerprint density at radius 2 is 1.67 bits per heavy atom. The number of alkyl halides is 3. The molecule has 43 heavy (non-hydrogen) atoms. The number of hydrogen-bond donors (Lipinski definition) is 1.